The van der Waals surface area contributed by atoms with E-state index in [0.29, 0.717) is 0 Å². The number of benzene rings is 1. The van der Waals surface area contributed by atoms with Crippen LogP contribution in [0.15, 0.2) is 30.4 Å². The molecular formula is C15H20O2. The largest absolute Gasteiger partial charge is 0.486 e. The molecule has 0 radical (unpaired) electrons. The van der Waals surface area contributed by atoms with Crippen molar-refractivity contribution in [2.75, 3.05) is 0 Å². The van der Waals surface area contributed by atoms with Crippen molar-refractivity contribution in [1.82, 2.24) is 0 Å². The Kier molecular flexibility index (Phi) is 3.85. The Balaban J connectivity index is 2.10. The molecule has 1 aromatic carbocycles. The van der Waals surface area contributed by atoms with Gasteiger partial charge in [0.1, 0.15) is 11.9 Å². The molecule has 1 aliphatic rings. The molecule has 0 bridgehead atoms. The summed E-state index contributed by atoms with van der Waals surface area (Å²) in [5.74, 6) is 0.922. The van der Waals surface area contributed by atoms with E-state index in [-0.39, 0.29) is 6.10 Å². The van der Waals surface area contributed by atoms with Crippen LogP contribution in [0.5, 0.6) is 5.75 Å². The second-order valence-corrected chi connectivity index (χ2v) is 4.72. The number of hydrogen-bond donors (Lipinski definition) is 1. The fourth-order valence-electron chi connectivity index (χ4n) is 2.11. The van der Waals surface area contributed by atoms with Gasteiger partial charge in [-0.3, -0.25) is 0 Å². The normalized spacial score (nSPS) is 21.2. The van der Waals surface area contributed by atoms with E-state index in [0.717, 1.165) is 23.3 Å². The summed E-state index contributed by atoms with van der Waals surface area (Å²) in [6.07, 6.45) is 7.58. The van der Waals surface area contributed by atoms with Crippen molar-refractivity contribution < 1.29 is 9.84 Å². The van der Waals surface area contributed by atoms with Gasteiger partial charge < -0.3 is 9.84 Å². The molecule has 0 fully saturated rings. The number of ether oxygens (including phenoxy) is 1. The Hall–Kier alpha value is -1.28. The lowest BCUT2D eigenvalue weighted by Gasteiger charge is -2.20. The van der Waals surface area contributed by atoms with Crippen LogP contribution >= 0.6 is 0 Å². The summed E-state index contributed by atoms with van der Waals surface area (Å²) in [7, 11) is 0. The van der Waals surface area contributed by atoms with Crippen molar-refractivity contribution in [2.45, 2.75) is 45.3 Å². The molecule has 1 aromatic rings. The molecule has 2 atom stereocenters. The molecule has 0 saturated carbocycles. The first-order chi connectivity index (χ1) is 8.16. The van der Waals surface area contributed by atoms with Crippen LogP contribution in [0.1, 0.15) is 43.4 Å². The lowest BCUT2D eigenvalue weighted by atomic mass is 10.0. The Bertz CT molecular complexity index is 407. The molecule has 0 saturated heterocycles. The highest BCUT2D eigenvalue weighted by atomic mass is 16.5. The van der Waals surface area contributed by atoms with Crippen LogP contribution in [0.2, 0.25) is 0 Å². The van der Waals surface area contributed by atoms with Crippen LogP contribution in [0.4, 0.5) is 0 Å². The average molecular weight is 232 g/mol. The zero-order valence-corrected chi connectivity index (χ0v) is 10.5. The van der Waals surface area contributed by atoms with Crippen LogP contribution in [0.25, 0.3) is 0 Å². The van der Waals surface area contributed by atoms with Crippen LogP contribution in [-0.2, 0) is 0 Å². The maximum atomic E-state index is 9.51. The van der Waals surface area contributed by atoms with Crippen molar-refractivity contribution in [3.63, 3.8) is 0 Å². The van der Waals surface area contributed by atoms with Crippen LogP contribution < -0.4 is 4.74 Å². The molecule has 2 nitrogen and oxygen atoms in total. The van der Waals surface area contributed by atoms with Crippen LogP contribution in [0, 0.1) is 6.92 Å². The van der Waals surface area contributed by atoms with Crippen molar-refractivity contribution in [3.05, 3.63) is 41.5 Å². The molecule has 0 aliphatic heterocycles. The van der Waals surface area contributed by atoms with Gasteiger partial charge in [0, 0.05) is 0 Å². The molecule has 0 aromatic heterocycles. The second kappa shape index (κ2) is 5.37. The maximum absolute atomic E-state index is 9.51. The molecule has 1 aliphatic carbocycles. The molecule has 1 N–H and O–H groups in total. The van der Waals surface area contributed by atoms with Gasteiger partial charge in [-0.15, -0.1) is 0 Å². The number of aliphatic hydroxyl groups is 1. The number of rotatable bonds is 3. The first-order valence-electron chi connectivity index (χ1n) is 6.29. The summed E-state index contributed by atoms with van der Waals surface area (Å²) in [6.45, 7) is 3.80. The molecule has 0 spiro atoms. The topological polar surface area (TPSA) is 29.5 Å². The van der Waals surface area contributed by atoms with Gasteiger partial charge in [0.2, 0.25) is 0 Å². The Labute approximate surface area is 103 Å². The number of aryl methyl sites for hydroxylation is 1. The van der Waals surface area contributed by atoms with Gasteiger partial charge in [0.25, 0.3) is 0 Å². The Morgan fingerprint density at radius 2 is 2.24 bits per heavy atom. The molecule has 92 valence electrons. The zero-order valence-electron chi connectivity index (χ0n) is 10.5. The van der Waals surface area contributed by atoms with E-state index >= 15 is 0 Å². The van der Waals surface area contributed by atoms with E-state index in [4.69, 9.17) is 4.74 Å². The number of aliphatic hydroxyl groups excluding tert-OH is 1. The van der Waals surface area contributed by atoms with Gasteiger partial charge in [-0.2, -0.15) is 0 Å². The SMILES string of the molecule is Cc1cc([C@@H](C)O)ccc1OC1C=CCCC1. The first kappa shape index (κ1) is 12.2. The van der Waals surface area contributed by atoms with E-state index in [1.807, 2.05) is 25.1 Å². The molecule has 2 heteroatoms. The van der Waals surface area contributed by atoms with Gasteiger partial charge in [0.05, 0.1) is 6.10 Å². The van der Waals surface area contributed by atoms with E-state index in [1.54, 1.807) is 6.92 Å². The quantitative estimate of drug-likeness (QED) is 0.808. The monoisotopic (exact) mass is 232 g/mol. The first-order valence-corrected chi connectivity index (χ1v) is 6.29. The highest BCUT2D eigenvalue weighted by Crippen LogP contribution is 2.25. The number of allylic oxidation sites excluding steroid dienone is 1. The lowest BCUT2D eigenvalue weighted by Crippen LogP contribution is -2.16. The smallest absolute Gasteiger partial charge is 0.123 e. The number of hydrogen-bond acceptors (Lipinski definition) is 2. The predicted octanol–water partition coefficient (Wildman–Crippen LogP) is 3.54. The van der Waals surface area contributed by atoms with E-state index < -0.39 is 6.10 Å². The summed E-state index contributed by atoms with van der Waals surface area (Å²) in [4.78, 5) is 0. The van der Waals surface area contributed by atoms with E-state index in [9.17, 15) is 5.11 Å². The van der Waals surface area contributed by atoms with Gasteiger partial charge in [0.15, 0.2) is 0 Å². The van der Waals surface area contributed by atoms with Crippen molar-refractivity contribution in [1.29, 1.82) is 0 Å². The fourth-order valence-corrected chi connectivity index (χ4v) is 2.11. The fraction of sp³-hybridized carbons (Fsp3) is 0.467. The van der Waals surface area contributed by atoms with Gasteiger partial charge in [-0.1, -0.05) is 12.1 Å². The summed E-state index contributed by atoms with van der Waals surface area (Å²) >= 11 is 0. The third kappa shape index (κ3) is 3.10. The van der Waals surface area contributed by atoms with Crippen molar-refractivity contribution in [3.8, 4) is 5.75 Å². The third-order valence-electron chi connectivity index (χ3n) is 3.17. The zero-order chi connectivity index (χ0) is 12.3. The molecule has 2 rings (SSSR count). The average Bonchev–Trinajstić information content (AvgIpc) is 2.33. The second-order valence-electron chi connectivity index (χ2n) is 4.72. The van der Waals surface area contributed by atoms with Gasteiger partial charge >= 0.3 is 0 Å². The minimum Gasteiger partial charge on any atom is -0.486 e. The molecular weight excluding hydrogens is 212 g/mol. The minimum atomic E-state index is -0.419. The lowest BCUT2D eigenvalue weighted by molar-refractivity contribution is 0.198. The minimum absolute atomic E-state index is 0.208. The van der Waals surface area contributed by atoms with Gasteiger partial charge in [-0.05, 0) is 62.4 Å². The van der Waals surface area contributed by atoms with Gasteiger partial charge in [-0.25, -0.2) is 0 Å². The van der Waals surface area contributed by atoms with Crippen LogP contribution in [-0.4, -0.2) is 11.2 Å². The standard InChI is InChI=1S/C15H20O2/c1-11-10-13(12(2)16)8-9-15(11)17-14-6-4-3-5-7-14/h4,6,8-10,12,14,16H,3,5,7H2,1-2H3/t12-,14?/m1/s1. The predicted molar refractivity (Wildman–Crippen MR) is 69.2 cm³/mol. The summed E-state index contributed by atoms with van der Waals surface area (Å²) in [6, 6.07) is 5.88. The molecule has 0 amide bonds. The highest BCUT2D eigenvalue weighted by Gasteiger charge is 2.12. The van der Waals surface area contributed by atoms with Crippen molar-refractivity contribution in [2.24, 2.45) is 0 Å². The van der Waals surface area contributed by atoms with E-state index in [2.05, 4.69) is 12.2 Å². The maximum Gasteiger partial charge on any atom is 0.123 e. The molecule has 17 heavy (non-hydrogen) atoms. The third-order valence-corrected chi connectivity index (χ3v) is 3.17. The summed E-state index contributed by atoms with van der Waals surface area (Å²) in [5, 5.41) is 9.51. The molecule has 1 unspecified atom stereocenters. The molecule has 0 heterocycles. The Morgan fingerprint density at radius 3 is 2.82 bits per heavy atom. The van der Waals surface area contributed by atoms with E-state index in [1.165, 1.54) is 12.8 Å². The highest BCUT2D eigenvalue weighted by molar-refractivity contribution is 5.37. The van der Waals surface area contributed by atoms with Crippen molar-refractivity contribution >= 4 is 0 Å². The summed E-state index contributed by atoms with van der Waals surface area (Å²) in [5.41, 5.74) is 2.02. The summed E-state index contributed by atoms with van der Waals surface area (Å²) < 4.78 is 5.95. The Morgan fingerprint density at radius 1 is 1.41 bits per heavy atom. The van der Waals surface area contributed by atoms with Crippen LogP contribution in [0.3, 0.4) is 0 Å².